The summed E-state index contributed by atoms with van der Waals surface area (Å²) >= 11 is 9.98. The molecule has 4 fully saturated rings. The third-order valence-electron chi connectivity index (χ3n) is 8.74. The molecule has 0 radical (unpaired) electrons. The van der Waals surface area contributed by atoms with Crippen LogP contribution in [0.2, 0.25) is 5.02 Å². The van der Waals surface area contributed by atoms with Crippen molar-refractivity contribution in [2.45, 2.75) is 71.4 Å². The Morgan fingerprint density at radius 1 is 1.41 bits per heavy atom. The van der Waals surface area contributed by atoms with Crippen LogP contribution < -0.4 is 10.1 Å². The maximum absolute atomic E-state index is 13.7. The maximum Gasteiger partial charge on any atom is 0.240 e. The highest BCUT2D eigenvalue weighted by molar-refractivity contribution is 9.10. The lowest BCUT2D eigenvalue weighted by Crippen LogP contribution is -2.62. The van der Waals surface area contributed by atoms with Gasteiger partial charge >= 0.3 is 0 Å². The van der Waals surface area contributed by atoms with Crippen LogP contribution >= 0.6 is 27.5 Å². The Hall–Kier alpha value is -0.900. The van der Waals surface area contributed by atoms with E-state index in [2.05, 4.69) is 42.0 Å². The van der Waals surface area contributed by atoms with Crippen molar-refractivity contribution in [1.29, 1.82) is 0 Å². The van der Waals surface area contributed by atoms with Crippen molar-refractivity contribution in [3.8, 4) is 5.75 Å². The van der Waals surface area contributed by atoms with Crippen molar-refractivity contribution in [2.75, 3.05) is 13.7 Å². The molecule has 0 aromatic heterocycles. The highest BCUT2D eigenvalue weighted by Gasteiger charge is 2.57. The number of rotatable bonds is 7. The second kappa shape index (κ2) is 9.87. The van der Waals surface area contributed by atoms with E-state index in [1.165, 1.54) is 6.42 Å². The van der Waals surface area contributed by atoms with E-state index in [0.717, 1.165) is 10.9 Å². The summed E-state index contributed by atoms with van der Waals surface area (Å²) in [4.78, 5) is 19.8. The zero-order valence-corrected chi connectivity index (χ0v) is 22.8. The number of aliphatic hydroxyl groups is 2. The van der Waals surface area contributed by atoms with Gasteiger partial charge in [0.15, 0.2) is 0 Å². The molecule has 34 heavy (non-hydrogen) atoms. The molecule has 9 heteroatoms. The van der Waals surface area contributed by atoms with Crippen LogP contribution in [0.5, 0.6) is 5.75 Å². The fourth-order valence-corrected chi connectivity index (χ4v) is 7.33. The Morgan fingerprint density at radius 2 is 2.12 bits per heavy atom. The Kier molecular flexibility index (Phi) is 7.59. The number of nitrogens with zero attached hydrogens (tertiary/aromatic N) is 1. The third-order valence-corrected chi connectivity index (χ3v) is 9.71. The van der Waals surface area contributed by atoms with Gasteiger partial charge in [-0.05, 0) is 71.0 Å². The molecular formula is C25H36BrClN2O5. The molecule has 1 aliphatic heterocycles. The number of aliphatic hydroxyl groups excluding tert-OH is 2. The van der Waals surface area contributed by atoms with E-state index in [9.17, 15) is 15.0 Å². The molecule has 5 rings (SSSR count). The van der Waals surface area contributed by atoms with Gasteiger partial charge in [-0.3, -0.25) is 9.63 Å². The summed E-state index contributed by atoms with van der Waals surface area (Å²) in [5.74, 6) is 1.35. The first kappa shape index (κ1) is 26.2. The normalized spacial score (nSPS) is 35.5. The number of hydroxylamine groups is 2. The number of ether oxygens (including phenoxy) is 1. The maximum atomic E-state index is 13.7. The number of methoxy groups -OCH3 is 1. The van der Waals surface area contributed by atoms with Gasteiger partial charge in [-0.1, -0.05) is 32.4 Å². The number of hydrogen-bond acceptors (Lipinski definition) is 6. The van der Waals surface area contributed by atoms with Gasteiger partial charge in [0.1, 0.15) is 17.9 Å². The smallest absolute Gasteiger partial charge is 0.240 e. The number of carbonyl (C=O) groups is 1. The van der Waals surface area contributed by atoms with Crippen molar-refractivity contribution >= 4 is 33.4 Å². The minimum absolute atomic E-state index is 0.0814. The zero-order chi connectivity index (χ0) is 24.9. The molecule has 1 amide bonds. The minimum Gasteiger partial charge on any atom is -0.495 e. The van der Waals surface area contributed by atoms with Crippen LogP contribution in [0.4, 0.5) is 0 Å². The molecule has 3 saturated carbocycles. The van der Waals surface area contributed by atoms with Gasteiger partial charge in [0.2, 0.25) is 5.91 Å². The molecular weight excluding hydrogens is 524 g/mol. The van der Waals surface area contributed by atoms with Crippen LogP contribution in [-0.4, -0.2) is 59.2 Å². The molecule has 1 aromatic carbocycles. The minimum atomic E-state index is -0.853. The number of nitrogens with one attached hydrogen (secondary N) is 1. The van der Waals surface area contributed by atoms with Crippen LogP contribution in [0.25, 0.3) is 0 Å². The number of carbonyl (C=O) groups excluding carboxylic acids is 1. The molecule has 1 heterocycles. The van der Waals surface area contributed by atoms with Gasteiger partial charge in [-0.15, -0.1) is 0 Å². The molecule has 1 saturated heterocycles. The van der Waals surface area contributed by atoms with Crippen molar-refractivity contribution in [3.63, 3.8) is 0 Å². The molecule has 8 atom stereocenters. The van der Waals surface area contributed by atoms with Gasteiger partial charge in [0, 0.05) is 22.5 Å². The fraction of sp³-hybridized carbons (Fsp3) is 0.720. The number of halogens is 2. The van der Waals surface area contributed by atoms with E-state index >= 15 is 0 Å². The molecule has 0 unspecified atom stereocenters. The Balaban J connectivity index is 1.60. The molecule has 3 N–H and O–H groups in total. The zero-order valence-electron chi connectivity index (χ0n) is 20.4. The second-order valence-corrected chi connectivity index (χ2v) is 12.0. The van der Waals surface area contributed by atoms with Crippen LogP contribution in [0.1, 0.15) is 46.1 Å². The monoisotopic (exact) mass is 558 g/mol. The number of benzene rings is 1. The standard InChI is InChI=1S/C25H36BrClN2O5/c1-12-16-8-14(25(16,3)4)9-19(12)28-24(32)22-21(13(2)31)20(11-30)34-29(22)10-15-18(27)7-6-17(26)23(15)33-5/h6-7,12-14,16,19-22,30-31H,8-11H2,1-5H3,(H,28,32)/t12-,13-,14-,16+,19-,20-,21+,22-/m0/s1. The van der Waals surface area contributed by atoms with Crippen LogP contribution in [0, 0.1) is 29.1 Å². The molecule has 190 valence electrons. The van der Waals surface area contributed by atoms with Crippen molar-refractivity contribution in [3.05, 3.63) is 27.2 Å². The summed E-state index contributed by atoms with van der Waals surface area (Å²) in [5.41, 5.74) is 0.981. The Bertz CT molecular complexity index is 929. The molecule has 7 nitrogen and oxygen atoms in total. The summed E-state index contributed by atoms with van der Waals surface area (Å²) in [6.45, 7) is 8.38. The van der Waals surface area contributed by atoms with E-state index in [1.54, 1.807) is 31.2 Å². The first-order chi connectivity index (χ1) is 16.0. The number of amides is 1. The van der Waals surface area contributed by atoms with Crippen LogP contribution in [-0.2, 0) is 16.2 Å². The van der Waals surface area contributed by atoms with Gasteiger partial charge in [0.25, 0.3) is 0 Å². The molecule has 2 bridgehead atoms. The van der Waals surface area contributed by atoms with E-state index in [4.69, 9.17) is 21.2 Å². The lowest BCUT2D eigenvalue weighted by atomic mass is 9.45. The van der Waals surface area contributed by atoms with Gasteiger partial charge in [0.05, 0.1) is 30.8 Å². The summed E-state index contributed by atoms with van der Waals surface area (Å²) in [5, 5.41) is 25.9. The van der Waals surface area contributed by atoms with Crippen molar-refractivity contribution < 1.29 is 24.6 Å². The predicted octanol–water partition coefficient (Wildman–Crippen LogP) is 3.77. The number of hydrogen-bond donors (Lipinski definition) is 3. The SMILES string of the molecule is COc1c(Br)ccc(Cl)c1CN1O[C@@H](CO)[C@@H]([C@H](C)O)[C@H]1C(=O)N[C@H]1C[C@@H]2C[C@H]([C@@H]1C)C2(C)C. The predicted molar refractivity (Wildman–Crippen MR) is 133 cm³/mol. The quantitative estimate of drug-likeness (QED) is 0.471. The highest BCUT2D eigenvalue weighted by Crippen LogP contribution is 2.61. The van der Waals surface area contributed by atoms with E-state index < -0.39 is 24.2 Å². The van der Waals surface area contributed by atoms with Gasteiger partial charge in [-0.2, -0.15) is 5.06 Å². The Morgan fingerprint density at radius 3 is 2.68 bits per heavy atom. The first-order valence-electron chi connectivity index (χ1n) is 12.0. The lowest BCUT2D eigenvalue weighted by Gasteiger charge is -2.62. The average Bonchev–Trinajstić information content (AvgIpc) is 3.16. The largest absolute Gasteiger partial charge is 0.495 e. The lowest BCUT2D eigenvalue weighted by molar-refractivity contribution is -0.183. The fourth-order valence-electron chi connectivity index (χ4n) is 6.58. The van der Waals surface area contributed by atoms with Crippen LogP contribution in [0.15, 0.2) is 16.6 Å². The van der Waals surface area contributed by atoms with Gasteiger partial charge in [-0.25, -0.2) is 0 Å². The first-order valence-corrected chi connectivity index (χ1v) is 13.2. The topological polar surface area (TPSA) is 91.3 Å². The number of fused-ring (bicyclic) bond motifs is 2. The molecule has 3 aliphatic carbocycles. The summed E-state index contributed by atoms with van der Waals surface area (Å²) in [6.07, 6.45) is 0.624. The van der Waals surface area contributed by atoms with Gasteiger partial charge < -0.3 is 20.3 Å². The second-order valence-electron chi connectivity index (χ2n) is 10.8. The van der Waals surface area contributed by atoms with Crippen molar-refractivity contribution in [2.24, 2.45) is 29.1 Å². The Labute approximate surface area is 215 Å². The molecule has 4 aliphatic rings. The highest BCUT2D eigenvalue weighted by atomic mass is 79.9. The van der Waals surface area contributed by atoms with E-state index in [1.807, 2.05) is 0 Å². The summed E-state index contributed by atoms with van der Waals surface area (Å²) < 4.78 is 6.28. The summed E-state index contributed by atoms with van der Waals surface area (Å²) in [6, 6.07) is 2.85. The average molecular weight is 560 g/mol. The van der Waals surface area contributed by atoms with Crippen molar-refractivity contribution in [1.82, 2.24) is 10.4 Å². The molecule has 0 spiro atoms. The third kappa shape index (κ3) is 4.39. The summed E-state index contributed by atoms with van der Waals surface area (Å²) in [7, 11) is 1.56. The van der Waals surface area contributed by atoms with Crippen LogP contribution in [0.3, 0.4) is 0 Å². The van der Waals surface area contributed by atoms with E-state index in [-0.39, 0.29) is 25.1 Å². The molecule has 1 aromatic rings. The van der Waals surface area contributed by atoms with E-state index in [0.29, 0.717) is 39.5 Å².